The molecule has 38 heavy (non-hydrogen) atoms. The number of carbonyl (C=O) groups is 2. The molecule has 2 aromatic rings. The van der Waals surface area contributed by atoms with E-state index in [9.17, 15) is 14.7 Å². The number of nitrogens with zero attached hydrogens (tertiary/aromatic N) is 3. The molecule has 0 aliphatic carbocycles. The molecule has 2 atom stereocenters. The second kappa shape index (κ2) is 13.8. The molecule has 1 N–H and O–H groups in total. The minimum atomic E-state index is -1.08. The van der Waals surface area contributed by atoms with E-state index in [2.05, 4.69) is 30.1 Å². The van der Waals surface area contributed by atoms with Crippen molar-refractivity contribution in [3.8, 4) is 5.75 Å². The number of hydrogen-bond acceptors (Lipinski definition) is 6. The molecule has 0 saturated carbocycles. The van der Waals surface area contributed by atoms with Gasteiger partial charge < -0.3 is 24.1 Å². The van der Waals surface area contributed by atoms with Gasteiger partial charge in [-0.25, -0.2) is 9.78 Å². The Balaban J connectivity index is 1.66. The summed E-state index contributed by atoms with van der Waals surface area (Å²) in [4.78, 5) is 33.3. The molecule has 3 rings (SSSR count). The van der Waals surface area contributed by atoms with Gasteiger partial charge >= 0.3 is 5.97 Å². The van der Waals surface area contributed by atoms with Crippen molar-refractivity contribution in [2.45, 2.75) is 58.5 Å². The lowest BCUT2D eigenvalue weighted by molar-refractivity contribution is -0.151. The quantitative estimate of drug-likeness (QED) is 0.239. The van der Waals surface area contributed by atoms with Crippen molar-refractivity contribution in [1.29, 1.82) is 0 Å². The van der Waals surface area contributed by atoms with Crippen LogP contribution in [0.4, 0.5) is 0 Å². The lowest BCUT2D eigenvalue weighted by atomic mass is 9.88. The highest BCUT2D eigenvalue weighted by Crippen LogP contribution is 2.36. The van der Waals surface area contributed by atoms with Gasteiger partial charge in [-0.05, 0) is 90.0 Å². The van der Waals surface area contributed by atoms with Gasteiger partial charge in [-0.1, -0.05) is 30.4 Å². The minimum absolute atomic E-state index is 0.246. The Morgan fingerprint density at radius 1 is 1.29 bits per heavy atom. The topological polar surface area (TPSA) is 96.1 Å². The Bertz CT molecular complexity index is 1190. The van der Waals surface area contributed by atoms with Crippen molar-refractivity contribution < 1.29 is 23.8 Å². The van der Waals surface area contributed by atoms with E-state index in [0.29, 0.717) is 36.7 Å². The molecule has 0 saturated heterocycles. The molecular formula is C30H39N3O5. The second-order valence-corrected chi connectivity index (χ2v) is 9.79. The van der Waals surface area contributed by atoms with E-state index in [1.165, 1.54) is 11.0 Å². The maximum absolute atomic E-state index is 12.9. The zero-order chi connectivity index (χ0) is 27.7. The summed E-state index contributed by atoms with van der Waals surface area (Å²) >= 11 is 0. The number of amides is 1. The van der Waals surface area contributed by atoms with Crippen molar-refractivity contribution in [2.24, 2.45) is 0 Å². The molecule has 0 spiro atoms. The predicted molar refractivity (Wildman–Crippen MR) is 148 cm³/mol. The second-order valence-electron chi connectivity index (χ2n) is 9.79. The molecule has 8 heteroatoms. The molecule has 8 nitrogen and oxygen atoms in total. The van der Waals surface area contributed by atoms with Crippen molar-refractivity contribution in [1.82, 2.24) is 14.8 Å². The van der Waals surface area contributed by atoms with Gasteiger partial charge in [0.2, 0.25) is 11.8 Å². The monoisotopic (exact) mass is 521 g/mol. The van der Waals surface area contributed by atoms with Crippen LogP contribution in [0.5, 0.6) is 5.75 Å². The number of aromatic nitrogens is 1. The van der Waals surface area contributed by atoms with Crippen LogP contribution >= 0.6 is 0 Å². The standard InChI is InChI=1S/C30H39N3O5/c1-6-7-9-13-28(34)33-21(2)19-23-14-15-24(20-25(23)29(33)30(35)36)37-18-16-26-22(3)38-27(31-26)12-10-8-11-17-32(4)5/h6-7,9-10,12-15,20-21,29H,8,11,16-19H2,1-5H3,(H,35,36)/t21-,29?/m0/s1. The lowest BCUT2D eigenvalue weighted by Crippen LogP contribution is -2.48. The fourth-order valence-electron chi connectivity index (χ4n) is 4.58. The Morgan fingerprint density at radius 3 is 2.79 bits per heavy atom. The first kappa shape index (κ1) is 28.9. The van der Waals surface area contributed by atoms with Gasteiger partial charge in [0, 0.05) is 18.5 Å². The number of oxazole rings is 1. The third-order valence-electron chi connectivity index (χ3n) is 6.46. The number of benzene rings is 1. The fourth-order valence-corrected chi connectivity index (χ4v) is 4.58. The third-order valence-corrected chi connectivity index (χ3v) is 6.46. The third kappa shape index (κ3) is 7.68. The number of carbonyl (C=O) groups excluding carboxylic acids is 1. The molecule has 1 aromatic heterocycles. The highest BCUT2D eigenvalue weighted by molar-refractivity contribution is 5.92. The SMILES string of the molecule is CC=CC=CC(=O)N1C(C(=O)O)c2cc(OCCc3nc(C=CCCCN(C)C)oc3C)ccc2C[C@@H]1C. The Kier molecular flexibility index (Phi) is 10.5. The van der Waals surface area contributed by atoms with Crippen LogP contribution in [-0.2, 0) is 22.4 Å². The number of aliphatic carboxylic acids is 1. The van der Waals surface area contributed by atoms with Gasteiger partial charge in [-0.3, -0.25) is 4.79 Å². The van der Waals surface area contributed by atoms with Gasteiger partial charge in [-0.2, -0.15) is 0 Å². The smallest absolute Gasteiger partial charge is 0.331 e. The van der Waals surface area contributed by atoms with E-state index in [0.717, 1.165) is 36.4 Å². The number of carboxylic acids is 1. The predicted octanol–water partition coefficient (Wildman–Crippen LogP) is 4.99. The molecule has 204 valence electrons. The summed E-state index contributed by atoms with van der Waals surface area (Å²) in [6, 6.07) is 4.17. The summed E-state index contributed by atoms with van der Waals surface area (Å²) in [5.74, 6) is 0.505. The summed E-state index contributed by atoms with van der Waals surface area (Å²) < 4.78 is 11.7. The van der Waals surface area contributed by atoms with Crippen molar-refractivity contribution in [2.75, 3.05) is 27.2 Å². The Hall–Kier alpha value is -3.65. The maximum Gasteiger partial charge on any atom is 0.331 e. The molecule has 0 fully saturated rings. The molecule has 1 aliphatic heterocycles. The van der Waals surface area contributed by atoms with Gasteiger partial charge in [0.1, 0.15) is 11.5 Å². The minimum Gasteiger partial charge on any atom is -0.493 e. The molecule has 1 aliphatic rings. The average molecular weight is 522 g/mol. The average Bonchev–Trinajstić information content (AvgIpc) is 3.21. The van der Waals surface area contributed by atoms with E-state index in [-0.39, 0.29) is 11.9 Å². The van der Waals surface area contributed by atoms with Gasteiger partial charge in [0.25, 0.3) is 0 Å². The van der Waals surface area contributed by atoms with Gasteiger partial charge in [0.05, 0.1) is 12.3 Å². The molecule has 0 bridgehead atoms. The maximum atomic E-state index is 12.9. The van der Waals surface area contributed by atoms with Crippen LogP contribution in [0, 0.1) is 6.92 Å². The molecule has 1 unspecified atom stereocenters. The first-order valence-electron chi connectivity index (χ1n) is 13.1. The highest BCUT2D eigenvalue weighted by Gasteiger charge is 2.39. The van der Waals surface area contributed by atoms with Crippen molar-refractivity contribution >= 4 is 18.0 Å². The summed E-state index contributed by atoms with van der Waals surface area (Å²) in [7, 11) is 4.12. The molecule has 1 aromatic carbocycles. The van der Waals surface area contributed by atoms with E-state index in [1.807, 2.05) is 45.1 Å². The van der Waals surface area contributed by atoms with Crippen LogP contribution in [0.1, 0.15) is 61.2 Å². The zero-order valence-electron chi connectivity index (χ0n) is 23.0. The van der Waals surface area contributed by atoms with Gasteiger partial charge in [-0.15, -0.1) is 0 Å². The number of aryl methyl sites for hydroxylation is 1. The fraction of sp³-hybridized carbons (Fsp3) is 0.433. The first-order valence-corrected chi connectivity index (χ1v) is 13.1. The van der Waals surface area contributed by atoms with Crippen LogP contribution in [-0.4, -0.2) is 65.1 Å². The summed E-state index contributed by atoms with van der Waals surface area (Å²) in [5, 5.41) is 10.1. The summed E-state index contributed by atoms with van der Waals surface area (Å²) in [6.45, 7) is 7.01. The number of ether oxygens (including phenoxy) is 1. The van der Waals surface area contributed by atoms with E-state index >= 15 is 0 Å². The summed E-state index contributed by atoms with van der Waals surface area (Å²) in [6.07, 6.45) is 13.7. The van der Waals surface area contributed by atoms with Gasteiger partial charge in [0.15, 0.2) is 6.04 Å². The molecular weight excluding hydrogens is 482 g/mol. The Morgan fingerprint density at radius 2 is 2.08 bits per heavy atom. The highest BCUT2D eigenvalue weighted by atomic mass is 16.5. The number of rotatable bonds is 12. The lowest BCUT2D eigenvalue weighted by Gasteiger charge is -2.39. The molecule has 0 radical (unpaired) electrons. The zero-order valence-corrected chi connectivity index (χ0v) is 23.0. The molecule has 1 amide bonds. The number of fused-ring (bicyclic) bond motifs is 1. The van der Waals surface area contributed by atoms with E-state index in [1.54, 1.807) is 18.2 Å². The normalized spacial score (nSPS) is 17.7. The molecule has 2 heterocycles. The van der Waals surface area contributed by atoms with Crippen LogP contribution in [0.2, 0.25) is 0 Å². The van der Waals surface area contributed by atoms with Crippen molar-refractivity contribution in [3.05, 3.63) is 77.1 Å². The van der Waals surface area contributed by atoms with Crippen LogP contribution in [0.25, 0.3) is 6.08 Å². The number of carboxylic acid groups (broad SMARTS) is 1. The van der Waals surface area contributed by atoms with E-state index < -0.39 is 12.0 Å². The van der Waals surface area contributed by atoms with Crippen molar-refractivity contribution in [3.63, 3.8) is 0 Å². The number of hydrogen-bond donors (Lipinski definition) is 1. The van der Waals surface area contributed by atoms with Crippen LogP contribution < -0.4 is 4.74 Å². The van der Waals surface area contributed by atoms with Crippen LogP contribution in [0.3, 0.4) is 0 Å². The Labute approximate surface area is 225 Å². The van der Waals surface area contributed by atoms with Crippen LogP contribution in [0.15, 0.2) is 53.0 Å². The largest absolute Gasteiger partial charge is 0.493 e. The summed E-state index contributed by atoms with van der Waals surface area (Å²) in [5.41, 5.74) is 2.33. The van der Waals surface area contributed by atoms with E-state index in [4.69, 9.17) is 9.15 Å². The first-order chi connectivity index (χ1) is 18.2. The number of allylic oxidation sites excluding steroid dienone is 4. The number of unbranched alkanes of at least 4 members (excludes halogenated alkanes) is 1.